The first-order valence-electron chi connectivity index (χ1n) is 10.1. The summed E-state index contributed by atoms with van der Waals surface area (Å²) in [5, 5.41) is 2.89. The Morgan fingerprint density at radius 2 is 2.03 bits per heavy atom. The maximum atomic E-state index is 12.6. The van der Waals surface area contributed by atoms with Crippen molar-refractivity contribution in [3.05, 3.63) is 46.3 Å². The van der Waals surface area contributed by atoms with Crippen LogP contribution in [0.25, 0.3) is 11.6 Å². The van der Waals surface area contributed by atoms with Gasteiger partial charge in [0.2, 0.25) is 0 Å². The highest BCUT2D eigenvalue weighted by Crippen LogP contribution is 2.36. The number of carbonyl (C=O) groups excluding carboxylic acids is 2. The molecule has 0 atom stereocenters. The molecule has 0 saturated carbocycles. The molecular formula is C23H29N3O4. The number of aromatic amines is 1. The Labute approximate surface area is 177 Å². The third kappa shape index (κ3) is 4.41. The number of rotatable bonds is 8. The first kappa shape index (κ1) is 21.6. The second-order valence-corrected chi connectivity index (χ2v) is 7.57. The summed E-state index contributed by atoms with van der Waals surface area (Å²) in [5.74, 6) is 0.161. The number of methoxy groups -OCH3 is 1. The molecule has 0 saturated heterocycles. The number of carbonyl (C=O) groups is 2. The Morgan fingerprint density at radius 1 is 1.27 bits per heavy atom. The highest BCUT2D eigenvalue weighted by Gasteiger charge is 2.27. The molecule has 7 nitrogen and oxygen atoms in total. The summed E-state index contributed by atoms with van der Waals surface area (Å²) in [7, 11) is 5.63. The molecule has 1 aromatic heterocycles. The molecule has 1 aliphatic rings. The van der Waals surface area contributed by atoms with Crippen LogP contribution in [0.3, 0.4) is 0 Å². The van der Waals surface area contributed by atoms with Crippen molar-refractivity contribution < 1.29 is 19.1 Å². The highest BCUT2D eigenvalue weighted by atomic mass is 16.5. The van der Waals surface area contributed by atoms with Gasteiger partial charge in [0.1, 0.15) is 5.75 Å². The van der Waals surface area contributed by atoms with Gasteiger partial charge in [0, 0.05) is 22.6 Å². The molecule has 0 spiro atoms. The SMILES string of the molecule is CCOC(=O)c1c(C)[nH]c(/C=C2\C(=O)Nc3ccc(OC)cc32)c1CCCN(C)C. The molecule has 0 aliphatic carbocycles. The molecule has 2 aromatic rings. The molecular weight excluding hydrogens is 382 g/mol. The van der Waals surface area contributed by atoms with Crippen LogP contribution in [-0.2, 0) is 16.0 Å². The summed E-state index contributed by atoms with van der Waals surface area (Å²) < 4.78 is 10.6. The van der Waals surface area contributed by atoms with Gasteiger partial charge in [-0.15, -0.1) is 0 Å². The number of nitrogens with zero attached hydrogens (tertiary/aromatic N) is 1. The molecule has 30 heavy (non-hydrogen) atoms. The molecule has 0 unspecified atom stereocenters. The second-order valence-electron chi connectivity index (χ2n) is 7.57. The van der Waals surface area contributed by atoms with E-state index >= 15 is 0 Å². The van der Waals surface area contributed by atoms with Crippen LogP contribution >= 0.6 is 0 Å². The van der Waals surface area contributed by atoms with Crippen molar-refractivity contribution in [1.29, 1.82) is 0 Å². The van der Waals surface area contributed by atoms with Crippen LogP contribution in [0.2, 0.25) is 0 Å². The number of hydrogen-bond acceptors (Lipinski definition) is 5. The topological polar surface area (TPSA) is 83.7 Å². The first-order valence-corrected chi connectivity index (χ1v) is 10.1. The van der Waals surface area contributed by atoms with Crippen molar-refractivity contribution >= 4 is 29.2 Å². The van der Waals surface area contributed by atoms with Crippen LogP contribution in [0.1, 0.15) is 46.2 Å². The number of amides is 1. The first-order chi connectivity index (χ1) is 14.3. The minimum absolute atomic E-state index is 0.178. The fourth-order valence-electron chi connectivity index (χ4n) is 3.72. The Balaban J connectivity index is 2.06. The number of benzene rings is 1. The lowest BCUT2D eigenvalue weighted by molar-refractivity contribution is -0.110. The lowest BCUT2D eigenvalue weighted by atomic mass is 10.00. The second kappa shape index (κ2) is 9.17. The van der Waals surface area contributed by atoms with E-state index < -0.39 is 0 Å². The molecule has 2 N–H and O–H groups in total. The fraction of sp³-hybridized carbons (Fsp3) is 0.391. The van der Waals surface area contributed by atoms with E-state index in [4.69, 9.17) is 9.47 Å². The largest absolute Gasteiger partial charge is 0.497 e. The number of aryl methyl sites for hydroxylation is 1. The fourth-order valence-corrected chi connectivity index (χ4v) is 3.72. The van der Waals surface area contributed by atoms with E-state index in [0.29, 0.717) is 29.9 Å². The molecule has 0 bridgehead atoms. The predicted molar refractivity (Wildman–Crippen MR) is 118 cm³/mol. The summed E-state index contributed by atoms with van der Waals surface area (Å²) in [6.45, 7) is 4.85. The quantitative estimate of drug-likeness (QED) is 0.513. The maximum absolute atomic E-state index is 12.6. The van der Waals surface area contributed by atoms with E-state index in [-0.39, 0.29) is 11.9 Å². The lowest BCUT2D eigenvalue weighted by Gasteiger charge is -2.10. The summed E-state index contributed by atoms with van der Waals surface area (Å²) in [5.41, 5.74) is 5.00. The summed E-state index contributed by atoms with van der Waals surface area (Å²) in [4.78, 5) is 30.7. The van der Waals surface area contributed by atoms with Gasteiger partial charge in [-0.25, -0.2) is 4.79 Å². The smallest absolute Gasteiger partial charge is 0.340 e. The van der Waals surface area contributed by atoms with Crippen LogP contribution in [0.15, 0.2) is 18.2 Å². The Kier molecular flexibility index (Phi) is 6.62. The van der Waals surface area contributed by atoms with E-state index in [1.807, 2.05) is 45.3 Å². The van der Waals surface area contributed by atoms with Gasteiger partial charge < -0.3 is 24.7 Å². The number of anilines is 1. The number of aromatic nitrogens is 1. The Morgan fingerprint density at radius 3 is 2.70 bits per heavy atom. The van der Waals surface area contributed by atoms with Crippen molar-refractivity contribution in [3.63, 3.8) is 0 Å². The van der Waals surface area contributed by atoms with Gasteiger partial charge in [0.05, 0.1) is 24.9 Å². The van der Waals surface area contributed by atoms with Crippen molar-refractivity contribution in [2.75, 3.05) is 39.7 Å². The Bertz CT molecular complexity index is 989. The van der Waals surface area contributed by atoms with E-state index in [9.17, 15) is 9.59 Å². The summed E-state index contributed by atoms with van der Waals surface area (Å²) in [6.07, 6.45) is 3.40. The van der Waals surface area contributed by atoms with Gasteiger partial charge in [0.25, 0.3) is 5.91 Å². The van der Waals surface area contributed by atoms with Gasteiger partial charge in [-0.05, 0) is 77.2 Å². The average Bonchev–Trinajstić information content (AvgIpc) is 3.17. The number of H-pyrrole nitrogens is 1. The highest BCUT2D eigenvalue weighted by molar-refractivity contribution is 6.35. The number of fused-ring (bicyclic) bond motifs is 1. The molecule has 1 aliphatic heterocycles. The standard InChI is InChI=1S/C23H29N3O4/c1-6-30-23(28)21-14(2)24-20(16(21)8-7-11-26(3)4)13-18-17-12-15(29-5)9-10-19(17)25-22(18)27/h9-10,12-13,24H,6-8,11H2,1-5H3,(H,25,27)/b18-13-. The minimum Gasteiger partial charge on any atom is -0.497 e. The van der Waals surface area contributed by atoms with E-state index in [0.717, 1.165) is 41.2 Å². The number of esters is 1. The number of nitrogens with one attached hydrogen (secondary N) is 2. The van der Waals surface area contributed by atoms with Crippen LogP contribution in [0.5, 0.6) is 5.75 Å². The molecule has 7 heteroatoms. The van der Waals surface area contributed by atoms with Gasteiger partial charge >= 0.3 is 5.97 Å². The van der Waals surface area contributed by atoms with E-state index in [1.165, 1.54) is 0 Å². The molecule has 0 fully saturated rings. The zero-order valence-corrected chi connectivity index (χ0v) is 18.2. The van der Waals surface area contributed by atoms with Gasteiger partial charge in [-0.3, -0.25) is 4.79 Å². The van der Waals surface area contributed by atoms with Crippen LogP contribution in [0, 0.1) is 6.92 Å². The number of ether oxygens (including phenoxy) is 2. The van der Waals surface area contributed by atoms with Crippen LogP contribution in [0.4, 0.5) is 5.69 Å². The predicted octanol–water partition coefficient (Wildman–Crippen LogP) is 3.50. The zero-order valence-electron chi connectivity index (χ0n) is 18.2. The molecule has 3 rings (SSSR count). The zero-order chi connectivity index (χ0) is 21.8. The van der Waals surface area contributed by atoms with E-state index in [1.54, 1.807) is 14.0 Å². The van der Waals surface area contributed by atoms with Crippen molar-refractivity contribution in [2.24, 2.45) is 0 Å². The summed E-state index contributed by atoms with van der Waals surface area (Å²) in [6, 6.07) is 5.48. The van der Waals surface area contributed by atoms with Crippen LogP contribution in [-0.4, -0.2) is 56.1 Å². The average molecular weight is 412 g/mol. The van der Waals surface area contributed by atoms with Crippen molar-refractivity contribution in [1.82, 2.24) is 9.88 Å². The monoisotopic (exact) mass is 411 g/mol. The molecule has 160 valence electrons. The van der Waals surface area contributed by atoms with Gasteiger partial charge in [-0.2, -0.15) is 0 Å². The summed E-state index contributed by atoms with van der Waals surface area (Å²) >= 11 is 0. The molecule has 2 heterocycles. The maximum Gasteiger partial charge on any atom is 0.340 e. The van der Waals surface area contributed by atoms with Crippen LogP contribution < -0.4 is 10.1 Å². The third-order valence-corrected chi connectivity index (χ3v) is 5.13. The molecule has 0 radical (unpaired) electrons. The third-order valence-electron chi connectivity index (χ3n) is 5.13. The van der Waals surface area contributed by atoms with E-state index in [2.05, 4.69) is 15.2 Å². The lowest BCUT2D eigenvalue weighted by Crippen LogP contribution is -2.14. The van der Waals surface area contributed by atoms with Gasteiger partial charge in [0.15, 0.2) is 0 Å². The van der Waals surface area contributed by atoms with Crippen molar-refractivity contribution in [3.8, 4) is 5.75 Å². The Hall–Kier alpha value is -3.06. The van der Waals surface area contributed by atoms with Gasteiger partial charge in [-0.1, -0.05) is 0 Å². The normalized spacial score (nSPS) is 14.2. The van der Waals surface area contributed by atoms with Crippen molar-refractivity contribution in [2.45, 2.75) is 26.7 Å². The minimum atomic E-state index is -0.339. The molecule has 1 amide bonds. The number of hydrogen-bond donors (Lipinski definition) is 2. The molecule has 1 aromatic carbocycles.